The minimum Gasteiger partial charge on any atom is -0.381 e. The van der Waals surface area contributed by atoms with Crippen LogP contribution in [0, 0.1) is 22.9 Å². The van der Waals surface area contributed by atoms with E-state index < -0.39 is 4.92 Å². The molecule has 2 aromatic rings. The van der Waals surface area contributed by atoms with Gasteiger partial charge in [-0.1, -0.05) is 12.1 Å². The molecule has 0 heterocycles. The monoisotopic (exact) mass is 260 g/mol. The van der Waals surface area contributed by atoms with Crippen LogP contribution in [0.1, 0.15) is 11.1 Å². The second kappa shape index (κ2) is 5.48. The highest BCUT2D eigenvalue weighted by atomic mass is 19.1. The van der Waals surface area contributed by atoms with Crippen molar-refractivity contribution >= 4 is 11.4 Å². The quantitative estimate of drug-likeness (QED) is 0.674. The molecule has 0 atom stereocenters. The molecule has 1 N–H and O–H groups in total. The lowest BCUT2D eigenvalue weighted by molar-refractivity contribution is -0.384. The number of hydrogen-bond donors (Lipinski definition) is 1. The Morgan fingerprint density at radius 2 is 1.89 bits per heavy atom. The van der Waals surface area contributed by atoms with E-state index in [1.165, 1.54) is 24.3 Å². The molecule has 98 valence electrons. The molecular formula is C14H13FN2O2. The van der Waals surface area contributed by atoms with Crippen LogP contribution in [-0.4, -0.2) is 4.92 Å². The molecule has 0 saturated heterocycles. The SMILES string of the molecule is Cc1cc(NCc2ccc(F)cc2)cc([N+](=O)[O-])c1. The summed E-state index contributed by atoms with van der Waals surface area (Å²) in [5.41, 5.74) is 2.46. The predicted octanol–water partition coefficient (Wildman–Crippen LogP) is 3.65. The Kier molecular flexibility index (Phi) is 3.75. The number of nitrogens with one attached hydrogen (secondary N) is 1. The van der Waals surface area contributed by atoms with Gasteiger partial charge in [-0.3, -0.25) is 10.1 Å². The number of aryl methyl sites for hydroxylation is 1. The first kappa shape index (κ1) is 13.0. The van der Waals surface area contributed by atoms with Crippen LogP contribution in [0.15, 0.2) is 42.5 Å². The number of benzene rings is 2. The Morgan fingerprint density at radius 1 is 1.21 bits per heavy atom. The Morgan fingerprint density at radius 3 is 2.53 bits per heavy atom. The number of non-ortho nitro benzene ring substituents is 1. The summed E-state index contributed by atoms with van der Waals surface area (Å²) in [5, 5.41) is 13.8. The van der Waals surface area contributed by atoms with Crippen molar-refractivity contribution in [2.24, 2.45) is 0 Å². The number of nitro groups is 1. The van der Waals surface area contributed by atoms with Crippen LogP contribution in [0.5, 0.6) is 0 Å². The van der Waals surface area contributed by atoms with Gasteiger partial charge in [0, 0.05) is 24.4 Å². The lowest BCUT2D eigenvalue weighted by Crippen LogP contribution is -2.00. The molecule has 19 heavy (non-hydrogen) atoms. The van der Waals surface area contributed by atoms with Crippen molar-refractivity contribution in [1.82, 2.24) is 0 Å². The first-order valence-electron chi connectivity index (χ1n) is 5.79. The number of nitro benzene ring substituents is 1. The van der Waals surface area contributed by atoms with E-state index in [4.69, 9.17) is 0 Å². The summed E-state index contributed by atoms with van der Waals surface area (Å²) in [6, 6.07) is 10.9. The summed E-state index contributed by atoms with van der Waals surface area (Å²) in [6.45, 7) is 2.29. The third kappa shape index (κ3) is 3.51. The van der Waals surface area contributed by atoms with E-state index in [1.54, 1.807) is 19.1 Å². The van der Waals surface area contributed by atoms with Crippen molar-refractivity contribution in [2.45, 2.75) is 13.5 Å². The molecule has 2 rings (SSSR count). The zero-order valence-electron chi connectivity index (χ0n) is 10.4. The smallest absolute Gasteiger partial charge is 0.271 e. The van der Waals surface area contributed by atoms with E-state index in [0.29, 0.717) is 12.2 Å². The Bertz CT molecular complexity index is 597. The van der Waals surface area contributed by atoms with Gasteiger partial charge in [-0.05, 0) is 36.2 Å². The van der Waals surface area contributed by atoms with E-state index in [-0.39, 0.29) is 11.5 Å². The number of halogens is 1. The lowest BCUT2D eigenvalue weighted by Gasteiger charge is -2.07. The third-order valence-corrected chi connectivity index (χ3v) is 2.68. The number of nitrogens with zero attached hydrogens (tertiary/aromatic N) is 1. The van der Waals surface area contributed by atoms with Crippen LogP contribution in [0.25, 0.3) is 0 Å². The van der Waals surface area contributed by atoms with Crippen molar-refractivity contribution in [2.75, 3.05) is 5.32 Å². The van der Waals surface area contributed by atoms with E-state index in [0.717, 1.165) is 11.1 Å². The molecule has 2 aromatic carbocycles. The van der Waals surface area contributed by atoms with Crippen molar-refractivity contribution in [1.29, 1.82) is 0 Å². The summed E-state index contributed by atoms with van der Waals surface area (Å²) >= 11 is 0. The number of hydrogen-bond acceptors (Lipinski definition) is 3. The average molecular weight is 260 g/mol. The van der Waals surface area contributed by atoms with Crippen LogP contribution in [0.4, 0.5) is 15.8 Å². The summed E-state index contributed by atoms with van der Waals surface area (Å²) in [4.78, 5) is 10.3. The molecule has 0 aliphatic rings. The van der Waals surface area contributed by atoms with E-state index in [9.17, 15) is 14.5 Å². The molecule has 0 saturated carbocycles. The zero-order valence-corrected chi connectivity index (χ0v) is 10.4. The Labute approximate surface area is 110 Å². The van der Waals surface area contributed by atoms with Gasteiger partial charge in [0.2, 0.25) is 0 Å². The molecule has 0 aliphatic carbocycles. The summed E-state index contributed by atoms with van der Waals surface area (Å²) in [7, 11) is 0. The van der Waals surface area contributed by atoms with Gasteiger partial charge in [-0.2, -0.15) is 0 Å². The molecule has 0 spiro atoms. The van der Waals surface area contributed by atoms with Crippen LogP contribution >= 0.6 is 0 Å². The molecule has 0 bridgehead atoms. The Hall–Kier alpha value is -2.43. The standard InChI is InChI=1S/C14H13FN2O2/c1-10-6-13(8-14(7-10)17(18)19)16-9-11-2-4-12(15)5-3-11/h2-8,16H,9H2,1H3. The highest BCUT2D eigenvalue weighted by Gasteiger charge is 2.07. The maximum Gasteiger partial charge on any atom is 0.271 e. The van der Waals surface area contributed by atoms with Crippen LogP contribution in [-0.2, 0) is 6.54 Å². The molecule has 0 radical (unpaired) electrons. The fourth-order valence-electron chi connectivity index (χ4n) is 1.78. The molecule has 0 aliphatic heterocycles. The average Bonchev–Trinajstić information content (AvgIpc) is 2.37. The fraction of sp³-hybridized carbons (Fsp3) is 0.143. The second-order valence-corrected chi connectivity index (χ2v) is 4.29. The van der Waals surface area contributed by atoms with Gasteiger partial charge >= 0.3 is 0 Å². The van der Waals surface area contributed by atoms with E-state index >= 15 is 0 Å². The highest BCUT2D eigenvalue weighted by Crippen LogP contribution is 2.21. The first-order chi connectivity index (χ1) is 9.04. The fourth-order valence-corrected chi connectivity index (χ4v) is 1.78. The van der Waals surface area contributed by atoms with Crippen molar-refractivity contribution in [3.63, 3.8) is 0 Å². The molecule has 0 aromatic heterocycles. The zero-order chi connectivity index (χ0) is 13.8. The van der Waals surface area contributed by atoms with Crippen LogP contribution < -0.4 is 5.32 Å². The molecular weight excluding hydrogens is 247 g/mol. The van der Waals surface area contributed by atoms with Crippen molar-refractivity contribution in [3.05, 3.63) is 69.5 Å². The van der Waals surface area contributed by atoms with Crippen LogP contribution in [0.3, 0.4) is 0 Å². The number of rotatable bonds is 4. The third-order valence-electron chi connectivity index (χ3n) is 2.68. The van der Waals surface area contributed by atoms with Gasteiger partial charge in [0.05, 0.1) is 4.92 Å². The summed E-state index contributed by atoms with van der Waals surface area (Å²) in [5.74, 6) is -0.282. The maximum absolute atomic E-state index is 12.7. The van der Waals surface area contributed by atoms with Crippen molar-refractivity contribution < 1.29 is 9.31 Å². The van der Waals surface area contributed by atoms with Gasteiger partial charge < -0.3 is 5.32 Å². The van der Waals surface area contributed by atoms with Crippen molar-refractivity contribution in [3.8, 4) is 0 Å². The molecule has 4 nitrogen and oxygen atoms in total. The van der Waals surface area contributed by atoms with E-state index in [2.05, 4.69) is 5.32 Å². The minimum atomic E-state index is -0.421. The summed E-state index contributed by atoms with van der Waals surface area (Å²) < 4.78 is 12.7. The first-order valence-corrected chi connectivity index (χ1v) is 5.79. The molecule has 5 heteroatoms. The van der Waals surface area contributed by atoms with Gasteiger partial charge in [-0.15, -0.1) is 0 Å². The number of anilines is 1. The molecule has 0 amide bonds. The second-order valence-electron chi connectivity index (χ2n) is 4.29. The molecule has 0 fully saturated rings. The highest BCUT2D eigenvalue weighted by molar-refractivity contribution is 5.54. The van der Waals surface area contributed by atoms with Gasteiger partial charge in [0.1, 0.15) is 5.82 Å². The molecule has 0 unspecified atom stereocenters. The lowest BCUT2D eigenvalue weighted by atomic mass is 10.1. The topological polar surface area (TPSA) is 55.2 Å². The van der Waals surface area contributed by atoms with Gasteiger partial charge in [0.25, 0.3) is 5.69 Å². The normalized spacial score (nSPS) is 10.2. The van der Waals surface area contributed by atoms with Crippen LogP contribution in [0.2, 0.25) is 0 Å². The van der Waals surface area contributed by atoms with Gasteiger partial charge in [0.15, 0.2) is 0 Å². The summed E-state index contributed by atoms with van der Waals surface area (Å²) in [6.07, 6.45) is 0. The van der Waals surface area contributed by atoms with Gasteiger partial charge in [-0.25, -0.2) is 4.39 Å². The largest absolute Gasteiger partial charge is 0.381 e. The predicted molar refractivity (Wildman–Crippen MR) is 71.6 cm³/mol. The van der Waals surface area contributed by atoms with E-state index in [1.807, 2.05) is 6.07 Å². The minimum absolute atomic E-state index is 0.0570. The maximum atomic E-state index is 12.7. The Balaban J connectivity index is 2.11.